The normalized spacial score (nSPS) is 11.3. The smallest absolute Gasteiger partial charge is 0.139 e. The summed E-state index contributed by atoms with van der Waals surface area (Å²) in [7, 11) is 0. The molecular formula is C12H7ClO2. The molecule has 0 unspecified atom stereocenters. The lowest BCUT2D eigenvalue weighted by Crippen LogP contribution is -1.67. The van der Waals surface area contributed by atoms with Crippen LogP contribution in [0, 0.1) is 0 Å². The predicted molar refractivity (Wildman–Crippen MR) is 60.4 cm³/mol. The van der Waals surface area contributed by atoms with Crippen molar-refractivity contribution in [1.82, 2.24) is 0 Å². The van der Waals surface area contributed by atoms with Gasteiger partial charge in [0, 0.05) is 21.9 Å². The number of fused-ring (bicyclic) bond motifs is 3. The molecule has 0 aliphatic heterocycles. The first-order valence-electron chi connectivity index (χ1n) is 4.55. The highest BCUT2D eigenvalue weighted by molar-refractivity contribution is 6.31. The Kier molecular flexibility index (Phi) is 1.67. The number of furan rings is 1. The molecule has 1 N–H and O–H groups in total. The topological polar surface area (TPSA) is 33.4 Å². The highest BCUT2D eigenvalue weighted by Gasteiger charge is 2.07. The van der Waals surface area contributed by atoms with E-state index in [4.69, 9.17) is 16.0 Å². The Hall–Kier alpha value is -1.67. The molecule has 0 aliphatic rings. The summed E-state index contributed by atoms with van der Waals surface area (Å²) in [6.07, 6.45) is 0. The fourth-order valence-corrected chi connectivity index (χ4v) is 1.91. The Morgan fingerprint density at radius 3 is 2.67 bits per heavy atom. The van der Waals surface area contributed by atoms with Crippen molar-refractivity contribution in [2.24, 2.45) is 0 Å². The lowest BCUT2D eigenvalue weighted by atomic mass is 10.1. The van der Waals surface area contributed by atoms with E-state index in [9.17, 15) is 5.11 Å². The van der Waals surface area contributed by atoms with Crippen LogP contribution in [0.2, 0.25) is 5.02 Å². The maximum atomic E-state index is 9.32. The quantitative estimate of drug-likeness (QED) is 0.620. The number of rotatable bonds is 0. The van der Waals surface area contributed by atoms with Crippen LogP contribution >= 0.6 is 11.6 Å². The van der Waals surface area contributed by atoms with E-state index < -0.39 is 0 Å². The molecule has 2 nitrogen and oxygen atoms in total. The van der Waals surface area contributed by atoms with Crippen LogP contribution in [0.1, 0.15) is 0 Å². The number of hydrogen-bond acceptors (Lipinski definition) is 2. The molecule has 0 aliphatic carbocycles. The molecule has 0 spiro atoms. The minimum Gasteiger partial charge on any atom is -0.508 e. The first-order chi connectivity index (χ1) is 7.24. The number of hydrogen-bond donors (Lipinski definition) is 1. The maximum Gasteiger partial charge on any atom is 0.139 e. The van der Waals surface area contributed by atoms with Gasteiger partial charge in [0.1, 0.15) is 16.9 Å². The zero-order chi connectivity index (χ0) is 10.4. The van der Waals surface area contributed by atoms with Gasteiger partial charge in [0.2, 0.25) is 0 Å². The van der Waals surface area contributed by atoms with E-state index in [0.29, 0.717) is 10.6 Å². The molecule has 0 radical (unpaired) electrons. The van der Waals surface area contributed by atoms with Gasteiger partial charge in [0.25, 0.3) is 0 Å². The Balaban J connectivity index is 2.53. The number of phenolic OH excluding ortho intramolecular Hbond substituents is 1. The summed E-state index contributed by atoms with van der Waals surface area (Å²) >= 11 is 5.92. The molecular weight excluding hydrogens is 212 g/mol. The molecule has 3 rings (SSSR count). The van der Waals surface area contributed by atoms with E-state index in [1.807, 2.05) is 18.2 Å². The van der Waals surface area contributed by atoms with Crippen LogP contribution in [0.15, 0.2) is 40.8 Å². The zero-order valence-electron chi connectivity index (χ0n) is 7.70. The number of halogens is 1. The molecule has 0 amide bonds. The lowest BCUT2D eigenvalue weighted by molar-refractivity contribution is 0.475. The zero-order valence-corrected chi connectivity index (χ0v) is 8.45. The molecule has 0 fully saturated rings. The van der Waals surface area contributed by atoms with E-state index in [2.05, 4.69) is 0 Å². The summed E-state index contributed by atoms with van der Waals surface area (Å²) < 4.78 is 5.57. The third-order valence-electron chi connectivity index (χ3n) is 2.42. The van der Waals surface area contributed by atoms with Gasteiger partial charge >= 0.3 is 0 Å². The van der Waals surface area contributed by atoms with Crippen molar-refractivity contribution in [1.29, 1.82) is 0 Å². The highest BCUT2D eigenvalue weighted by Crippen LogP contribution is 2.32. The summed E-state index contributed by atoms with van der Waals surface area (Å²) in [5, 5.41) is 11.9. The Morgan fingerprint density at radius 1 is 0.933 bits per heavy atom. The van der Waals surface area contributed by atoms with Crippen molar-refractivity contribution < 1.29 is 9.52 Å². The minimum atomic E-state index is 0.202. The van der Waals surface area contributed by atoms with Crippen molar-refractivity contribution in [2.75, 3.05) is 0 Å². The van der Waals surface area contributed by atoms with E-state index in [0.717, 1.165) is 16.4 Å². The molecule has 1 aromatic heterocycles. The predicted octanol–water partition coefficient (Wildman–Crippen LogP) is 3.95. The molecule has 3 heteroatoms. The van der Waals surface area contributed by atoms with Crippen molar-refractivity contribution in [3.63, 3.8) is 0 Å². The molecule has 74 valence electrons. The third-order valence-corrected chi connectivity index (χ3v) is 2.65. The molecule has 15 heavy (non-hydrogen) atoms. The van der Waals surface area contributed by atoms with E-state index in [-0.39, 0.29) is 5.75 Å². The van der Waals surface area contributed by atoms with Crippen LogP contribution in [-0.2, 0) is 0 Å². The van der Waals surface area contributed by atoms with Crippen LogP contribution in [0.4, 0.5) is 0 Å². The second-order valence-corrected chi connectivity index (χ2v) is 3.86. The Labute approximate surface area is 90.7 Å². The van der Waals surface area contributed by atoms with Gasteiger partial charge in [-0.25, -0.2) is 0 Å². The van der Waals surface area contributed by atoms with Gasteiger partial charge in [-0.15, -0.1) is 0 Å². The Morgan fingerprint density at radius 2 is 1.80 bits per heavy atom. The molecule has 0 bridgehead atoms. The van der Waals surface area contributed by atoms with Crippen molar-refractivity contribution in [3.05, 3.63) is 41.4 Å². The average molecular weight is 219 g/mol. The molecule has 0 saturated heterocycles. The van der Waals surface area contributed by atoms with Crippen molar-refractivity contribution >= 4 is 33.5 Å². The molecule has 0 saturated carbocycles. The fourth-order valence-electron chi connectivity index (χ4n) is 1.74. The van der Waals surface area contributed by atoms with Crippen molar-refractivity contribution in [2.45, 2.75) is 0 Å². The molecule has 3 aromatic rings. The standard InChI is InChI=1S/C12H7ClO2/c13-7-1-4-11-10(5-7)9-3-2-8(14)6-12(9)15-11/h1-6,14H. The van der Waals surface area contributed by atoms with Gasteiger partial charge < -0.3 is 9.52 Å². The van der Waals surface area contributed by atoms with Gasteiger partial charge in [0.05, 0.1) is 0 Å². The van der Waals surface area contributed by atoms with Crippen LogP contribution in [0.5, 0.6) is 5.75 Å². The first kappa shape index (κ1) is 8.62. The third kappa shape index (κ3) is 1.26. The van der Waals surface area contributed by atoms with Crippen LogP contribution in [0.3, 0.4) is 0 Å². The second-order valence-electron chi connectivity index (χ2n) is 3.42. The van der Waals surface area contributed by atoms with E-state index in [1.54, 1.807) is 18.2 Å². The lowest BCUT2D eigenvalue weighted by Gasteiger charge is -1.91. The monoisotopic (exact) mass is 218 g/mol. The average Bonchev–Trinajstić information content (AvgIpc) is 2.54. The van der Waals surface area contributed by atoms with Gasteiger partial charge in [-0.1, -0.05) is 11.6 Å². The molecule has 1 heterocycles. The van der Waals surface area contributed by atoms with E-state index in [1.165, 1.54) is 0 Å². The van der Waals surface area contributed by atoms with Gasteiger partial charge in [-0.3, -0.25) is 0 Å². The van der Waals surface area contributed by atoms with Gasteiger partial charge in [-0.05, 0) is 30.3 Å². The largest absolute Gasteiger partial charge is 0.508 e. The SMILES string of the molecule is Oc1ccc2c(c1)oc1ccc(Cl)cc12. The minimum absolute atomic E-state index is 0.202. The maximum absolute atomic E-state index is 9.32. The van der Waals surface area contributed by atoms with E-state index >= 15 is 0 Å². The number of aromatic hydroxyl groups is 1. The summed E-state index contributed by atoms with van der Waals surface area (Å²) in [6, 6.07) is 10.5. The highest BCUT2D eigenvalue weighted by atomic mass is 35.5. The second kappa shape index (κ2) is 2.91. The Bertz CT molecular complexity index is 655. The van der Waals surface area contributed by atoms with Crippen LogP contribution < -0.4 is 0 Å². The summed E-state index contributed by atoms with van der Waals surface area (Å²) in [5.74, 6) is 0.202. The van der Waals surface area contributed by atoms with Gasteiger partial charge in [-0.2, -0.15) is 0 Å². The van der Waals surface area contributed by atoms with Crippen molar-refractivity contribution in [3.8, 4) is 5.75 Å². The van der Waals surface area contributed by atoms with Gasteiger partial charge in [0.15, 0.2) is 0 Å². The fraction of sp³-hybridized carbons (Fsp3) is 0. The molecule has 2 aromatic carbocycles. The first-order valence-corrected chi connectivity index (χ1v) is 4.92. The molecule has 0 atom stereocenters. The number of benzene rings is 2. The number of phenols is 1. The van der Waals surface area contributed by atoms with Crippen LogP contribution in [-0.4, -0.2) is 5.11 Å². The summed E-state index contributed by atoms with van der Waals surface area (Å²) in [5.41, 5.74) is 1.45. The van der Waals surface area contributed by atoms with Crippen LogP contribution in [0.25, 0.3) is 21.9 Å². The summed E-state index contributed by atoms with van der Waals surface area (Å²) in [6.45, 7) is 0. The summed E-state index contributed by atoms with van der Waals surface area (Å²) in [4.78, 5) is 0.